The second-order valence-electron chi connectivity index (χ2n) is 5.61. The molecular weight excluding hydrogens is 192 g/mol. The third-order valence-electron chi connectivity index (χ3n) is 2.73. The molecular formula is C16H22. The van der Waals surface area contributed by atoms with Gasteiger partial charge in [-0.25, -0.2) is 0 Å². The molecule has 0 nitrogen and oxygen atoms in total. The molecule has 86 valence electrons. The Bertz CT molecular complexity index is 357. The first-order valence-corrected chi connectivity index (χ1v) is 6.01. The zero-order valence-electron chi connectivity index (χ0n) is 10.9. The van der Waals surface area contributed by atoms with E-state index >= 15 is 0 Å². The number of benzene rings is 1. The highest BCUT2D eigenvalue weighted by Gasteiger charge is 2.11. The number of hydrogen-bond donors (Lipinski definition) is 0. The molecule has 0 bridgehead atoms. The van der Waals surface area contributed by atoms with E-state index in [-0.39, 0.29) is 5.92 Å². The molecule has 0 radical (unpaired) electrons. The molecule has 0 aromatic heterocycles. The normalized spacial score (nSPS) is 13.2. The van der Waals surface area contributed by atoms with Crippen molar-refractivity contribution < 1.29 is 0 Å². The Hall–Kier alpha value is -1.22. The second-order valence-corrected chi connectivity index (χ2v) is 5.61. The zero-order chi connectivity index (χ0) is 12.2. The summed E-state index contributed by atoms with van der Waals surface area (Å²) < 4.78 is 0. The first kappa shape index (κ1) is 12.8. The van der Waals surface area contributed by atoms with Crippen molar-refractivity contribution in [3.8, 4) is 12.3 Å². The summed E-state index contributed by atoms with van der Waals surface area (Å²) in [5.74, 6) is 3.10. The van der Waals surface area contributed by atoms with Gasteiger partial charge in [0.25, 0.3) is 0 Å². The van der Waals surface area contributed by atoms with Crippen LogP contribution in [0.15, 0.2) is 24.3 Å². The minimum absolute atomic E-state index is 0.267. The number of hydrogen-bond acceptors (Lipinski definition) is 0. The van der Waals surface area contributed by atoms with Crippen LogP contribution in [0, 0.1) is 17.8 Å². The molecule has 1 aromatic carbocycles. The van der Waals surface area contributed by atoms with Crippen LogP contribution in [0.25, 0.3) is 0 Å². The number of terminal acetylenes is 1. The summed E-state index contributed by atoms with van der Waals surface area (Å²) in [6, 6.07) is 8.77. The Morgan fingerprint density at radius 2 is 1.75 bits per heavy atom. The van der Waals surface area contributed by atoms with Gasteiger partial charge in [-0.3, -0.25) is 0 Å². The Morgan fingerprint density at radius 3 is 2.12 bits per heavy atom. The molecule has 0 aliphatic carbocycles. The molecule has 0 amide bonds. The number of rotatable bonds is 3. The minimum Gasteiger partial charge on any atom is -0.119 e. The molecule has 16 heavy (non-hydrogen) atoms. The Balaban J connectivity index is 2.80. The molecule has 1 unspecified atom stereocenters. The first-order chi connectivity index (χ1) is 7.46. The molecule has 0 aliphatic heterocycles. The van der Waals surface area contributed by atoms with Crippen molar-refractivity contribution in [3.05, 3.63) is 35.4 Å². The summed E-state index contributed by atoms with van der Waals surface area (Å²) in [5.41, 5.74) is 3.00. The van der Waals surface area contributed by atoms with Crippen molar-refractivity contribution in [3.63, 3.8) is 0 Å². The van der Waals surface area contributed by atoms with Gasteiger partial charge in [0.1, 0.15) is 0 Å². The first-order valence-electron chi connectivity index (χ1n) is 6.01. The second kappa shape index (κ2) is 5.21. The van der Waals surface area contributed by atoms with Gasteiger partial charge in [-0.1, -0.05) is 57.9 Å². The molecule has 0 N–H and O–H groups in total. The van der Waals surface area contributed by atoms with Crippen molar-refractivity contribution in [1.82, 2.24) is 0 Å². The molecule has 1 aromatic rings. The van der Waals surface area contributed by atoms with E-state index in [0.717, 1.165) is 12.8 Å². The summed E-state index contributed by atoms with van der Waals surface area (Å²) in [6.07, 6.45) is 7.63. The maximum atomic E-state index is 5.51. The third-order valence-corrected chi connectivity index (χ3v) is 2.73. The molecule has 1 rings (SSSR count). The van der Waals surface area contributed by atoms with Crippen LogP contribution in [0.4, 0.5) is 0 Å². The summed E-state index contributed by atoms with van der Waals surface area (Å²) in [7, 11) is 0. The highest BCUT2D eigenvalue weighted by atomic mass is 14.2. The average molecular weight is 214 g/mol. The lowest BCUT2D eigenvalue weighted by Crippen LogP contribution is -2.09. The van der Waals surface area contributed by atoms with Gasteiger partial charge in [-0.15, -0.1) is 6.42 Å². The van der Waals surface area contributed by atoms with Gasteiger partial charge >= 0.3 is 0 Å². The predicted octanol–water partition coefficient (Wildman–Crippen LogP) is 4.40. The van der Waals surface area contributed by atoms with Crippen LogP contribution in [-0.4, -0.2) is 0 Å². The Labute approximate surface area is 100 Å². The van der Waals surface area contributed by atoms with Crippen molar-refractivity contribution in [2.24, 2.45) is 5.41 Å². The Morgan fingerprint density at radius 1 is 1.19 bits per heavy atom. The van der Waals surface area contributed by atoms with Crippen molar-refractivity contribution in [1.29, 1.82) is 0 Å². The molecule has 0 fully saturated rings. The van der Waals surface area contributed by atoms with E-state index in [9.17, 15) is 0 Å². The summed E-state index contributed by atoms with van der Waals surface area (Å²) in [5, 5.41) is 0. The maximum Gasteiger partial charge on any atom is 0.0447 e. The largest absolute Gasteiger partial charge is 0.119 e. The van der Waals surface area contributed by atoms with E-state index < -0.39 is 0 Å². The zero-order valence-corrected chi connectivity index (χ0v) is 10.9. The van der Waals surface area contributed by atoms with E-state index in [2.05, 4.69) is 57.9 Å². The van der Waals surface area contributed by atoms with E-state index in [1.807, 2.05) is 0 Å². The molecule has 1 atom stereocenters. The summed E-state index contributed by atoms with van der Waals surface area (Å²) in [4.78, 5) is 0. The summed E-state index contributed by atoms with van der Waals surface area (Å²) in [6.45, 7) is 8.92. The molecule has 0 saturated carbocycles. The Kier molecular flexibility index (Phi) is 4.19. The quantitative estimate of drug-likeness (QED) is 0.654. The lowest BCUT2D eigenvalue weighted by molar-refractivity contribution is 0.411. The highest BCUT2D eigenvalue weighted by Crippen LogP contribution is 2.23. The van der Waals surface area contributed by atoms with Gasteiger partial charge in [0.2, 0.25) is 0 Å². The van der Waals surface area contributed by atoms with Crippen molar-refractivity contribution in [2.75, 3.05) is 0 Å². The fourth-order valence-electron chi connectivity index (χ4n) is 1.93. The molecule has 0 heterocycles. The van der Waals surface area contributed by atoms with Gasteiger partial charge in [0.15, 0.2) is 0 Å². The lowest BCUT2D eigenvalue weighted by atomic mass is 9.87. The van der Waals surface area contributed by atoms with Crippen LogP contribution in [0.3, 0.4) is 0 Å². The van der Waals surface area contributed by atoms with Crippen molar-refractivity contribution in [2.45, 2.75) is 46.5 Å². The van der Waals surface area contributed by atoms with Crippen LogP contribution >= 0.6 is 0 Å². The third kappa shape index (κ3) is 3.74. The van der Waals surface area contributed by atoms with Crippen LogP contribution < -0.4 is 0 Å². The monoisotopic (exact) mass is 214 g/mol. The minimum atomic E-state index is 0.267. The van der Waals surface area contributed by atoms with Gasteiger partial charge in [-0.05, 0) is 29.4 Å². The average Bonchev–Trinajstić information content (AvgIpc) is 2.20. The SMILES string of the molecule is C#CC(CC)c1ccc(CC(C)(C)C)cc1. The van der Waals surface area contributed by atoms with Gasteiger partial charge in [0, 0.05) is 5.92 Å². The molecule has 0 saturated heterocycles. The van der Waals surface area contributed by atoms with Crippen LogP contribution in [-0.2, 0) is 6.42 Å². The lowest BCUT2D eigenvalue weighted by Gasteiger charge is -2.18. The van der Waals surface area contributed by atoms with E-state index in [0.29, 0.717) is 5.41 Å². The molecule has 0 heteroatoms. The van der Waals surface area contributed by atoms with E-state index in [1.165, 1.54) is 11.1 Å². The van der Waals surface area contributed by atoms with Gasteiger partial charge in [0.05, 0.1) is 0 Å². The maximum absolute atomic E-state index is 5.51. The molecule has 0 spiro atoms. The van der Waals surface area contributed by atoms with Crippen LogP contribution in [0.1, 0.15) is 51.2 Å². The van der Waals surface area contributed by atoms with E-state index in [1.54, 1.807) is 0 Å². The highest BCUT2D eigenvalue weighted by molar-refractivity contribution is 5.30. The predicted molar refractivity (Wildman–Crippen MR) is 71.5 cm³/mol. The van der Waals surface area contributed by atoms with Crippen molar-refractivity contribution >= 4 is 0 Å². The smallest absolute Gasteiger partial charge is 0.0447 e. The molecule has 0 aliphatic rings. The topological polar surface area (TPSA) is 0 Å². The van der Waals surface area contributed by atoms with E-state index in [4.69, 9.17) is 6.42 Å². The van der Waals surface area contributed by atoms with Gasteiger partial charge < -0.3 is 0 Å². The standard InChI is InChI=1S/C16H22/c1-6-14(7-2)15-10-8-13(9-11-15)12-16(3,4)5/h1,8-11,14H,7,12H2,2-5H3. The van der Waals surface area contributed by atoms with Crippen LogP contribution in [0.5, 0.6) is 0 Å². The van der Waals surface area contributed by atoms with Crippen LogP contribution in [0.2, 0.25) is 0 Å². The van der Waals surface area contributed by atoms with Gasteiger partial charge in [-0.2, -0.15) is 0 Å². The fraction of sp³-hybridized carbons (Fsp3) is 0.500. The fourth-order valence-corrected chi connectivity index (χ4v) is 1.93. The summed E-state index contributed by atoms with van der Waals surface area (Å²) >= 11 is 0.